The summed E-state index contributed by atoms with van der Waals surface area (Å²) in [5.41, 5.74) is 0.844. The summed E-state index contributed by atoms with van der Waals surface area (Å²) in [5, 5.41) is 0. The lowest BCUT2D eigenvalue weighted by molar-refractivity contribution is 0.0163. The van der Waals surface area contributed by atoms with Gasteiger partial charge in [0.05, 0.1) is 20.0 Å². The number of esters is 1. The second-order valence-electron chi connectivity index (χ2n) is 10.4. The van der Waals surface area contributed by atoms with E-state index in [0.717, 1.165) is 18.4 Å². The normalized spacial score (nSPS) is 18.8. The van der Waals surface area contributed by atoms with E-state index in [-0.39, 0.29) is 17.9 Å². The summed E-state index contributed by atoms with van der Waals surface area (Å²) >= 11 is 0. The fraction of sp³-hybridized carbons (Fsp3) is 0.680. The SMILES string of the molecule is COC(=O)c1cc(C2CCN(S(C)(=O)=O)CC2)ccc1OCC1CCN(C(=O)OC(C)(C)C)CC1. The van der Waals surface area contributed by atoms with Crippen LogP contribution in [-0.2, 0) is 19.5 Å². The number of carbonyl (C=O) groups excluding carboxylic acids is 2. The van der Waals surface area contributed by atoms with Crippen molar-refractivity contribution in [2.75, 3.05) is 46.2 Å². The highest BCUT2D eigenvalue weighted by Gasteiger charge is 2.29. The molecule has 0 atom stereocenters. The van der Waals surface area contributed by atoms with Gasteiger partial charge >= 0.3 is 12.1 Å². The zero-order valence-electron chi connectivity index (χ0n) is 21.4. The summed E-state index contributed by atoms with van der Waals surface area (Å²) in [4.78, 5) is 26.5. The zero-order valence-corrected chi connectivity index (χ0v) is 22.2. The van der Waals surface area contributed by atoms with E-state index in [9.17, 15) is 18.0 Å². The number of piperidine rings is 2. The minimum atomic E-state index is -3.19. The smallest absolute Gasteiger partial charge is 0.410 e. The first-order valence-electron chi connectivity index (χ1n) is 12.2. The first kappa shape index (κ1) is 27.3. The third kappa shape index (κ3) is 7.57. The number of nitrogens with zero attached hydrogens (tertiary/aromatic N) is 2. The van der Waals surface area contributed by atoms with Crippen LogP contribution in [0, 0.1) is 5.92 Å². The third-order valence-corrected chi connectivity index (χ3v) is 7.85. The van der Waals surface area contributed by atoms with E-state index in [2.05, 4.69) is 0 Å². The predicted octanol–water partition coefficient (Wildman–Crippen LogP) is 3.64. The largest absolute Gasteiger partial charge is 0.492 e. The van der Waals surface area contributed by atoms with E-state index in [0.29, 0.717) is 56.9 Å². The van der Waals surface area contributed by atoms with Crippen LogP contribution in [0.4, 0.5) is 4.79 Å². The monoisotopic (exact) mass is 510 g/mol. The minimum absolute atomic E-state index is 0.169. The lowest BCUT2D eigenvalue weighted by Gasteiger charge is -2.33. The highest BCUT2D eigenvalue weighted by atomic mass is 32.2. The Hall–Kier alpha value is -2.33. The van der Waals surface area contributed by atoms with Gasteiger partial charge in [-0.1, -0.05) is 6.07 Å². The minimum Gasteiger partial charge on any atom is -0.492 e. The number of benzene rings is 1. The molecule has 9 nitrogen and oxygen atoms in total. The van der Waals surface area contributed by atoms with Gasteiger partial charge in [0.2, 0.25) is 10.0 Å². The van der Waals surface area contributed by atoms with Crippen molar-refractivity contribution in [1.82, 2.24) is 9.21 Å². The molecule has 0 spiro atoms. The van der Waals surface area contributed by atoms with Crippen LogP contribution >= 0.6 is 0 Å². The van der Waals surface area contributed by atoms with Gasteiger partial charge in [-0.25, -0.2) is 22.3 Å². The van der Waals surface area contributed by atoms with Gasteiger partial charge in [0.25, 0.3) is 0 Å². The van der Waals surface area contributed by atoms with Gasteiger partial charge < -0.3 is 19.1 Å². The third-order valence-electron chi connectivity index (χ3n) is 6.54. The molecule has 0 bridgehead atoms. The van der Waals surface area contributed by atoms with E-state index >= 15 is 0 Å². The van der Waals surface area contributed by atoms with Gasteiger partial charge in [-0.2, -0.15) is 0 Å². The summed E-state index contributed by atoms with van der Waals surface area (Å²) in [6.45, 7) is 8.17. The Morgan fingerprint density at radius 3 is 2.20 bits per heavy atom. The molecule has 0 radical (unpaired) electrons. The maximum absolute atomic E-state index is 12.5. The van der Waals surface area contributed by atoms with Gasteiger partial charge in [0.15, 0.2) is 0 Å². The average molecular weight is 511 g/mol. The number of carbonyl (C=O) groups is 2. The standard InChI is InChI=1S/C25H38N2O7S/c1-25(2,3)34-24(29)26-12-8-18(9-13-26)17-33-22-7-6-20(16-21(22)23(28)32-4)19-10-14-27(15-11-19)35(5,30)31/h6-7,16,18-19H,8-15,17H2,1-5H3. The van der Waals surface area contributed by atoms with Crippen LogP contribution in [0.1, 0.15) is 68.3 Å². The van der Waals surface area contributed by atoms with Crippen molar-refractivity contribution in [3.05, 3.63) is 29.3 Å². The molecule has 2 aliphatic heterocycles. The topological polar surface area (TPSA) is 102 Å². The molecule has 0 saturated carbocycles. The van der Waals surface area contributed by atoms with E-state index in [1.165, 1.54) is 17.7 Å². The quantitative estimate of drug-likeness (QED) is 0.539. The molecule has 0 N–H and O–H groups in total. The molecule has 1 aromatic rings. The Labute approximate surface area is 208 Å². The molecule has 35 heavy (non-hydrogen) atoms. The number of amides is 1. The summed E-state index contributed by atoms with van der Waals surface area (Å²) < 4.78 is 41.6. The van der Waals surface area contributed by atoms with Gasteiger partial charge in [0.1, 0.15) is 16.9 Å². The van der Waals surface area contributed by atoms with Crippen molar-refractivity contribution in [3.8, 4) is 5.75 Å². The molecule has 0 unspecified atom stereocenters. The van der Waals surface area contributed by atoms with Crippen molar-refractivity contribution < 1.29 is 32.2 Å². The Balaban J connectivity index is 1.59. The molecular formula is C25H38N2O7S. The molecule has 10 heteroatoms. The second kappa shape index (κ2) is 11.2. The Kier molecular flexibility index (Phi) is 8.69. The van der Waals surface area contributed by atoms with E-state index in [1.54, 1.807) is 11.0 Å². The highest BCUT2D eigenvalue weighted by Crippen LogP contribution is 2.33. The molecule has 3 rings (SSSR count). The van der Waals surface area contributed by atoms with Crippen molar-refractivity contribution in [3.63, 3.8) is 0 Å². The number of ether oxygens (including phenoxy) is 3. The molecule has 2 saturated heterocycles. The summed E-state index contributed by atoms with van der Waals surface area (Å²) in [5.74, 6) is 0.445. The van der Waals surface area contributed by atoms with Crippen molar-refractivity contribution in [1.29, 1.82) is 0 Å². The molecular weight excluding hydrogens is 472 g/mol. The number of sulfonamides is 1. The lowest BCUT2D eigenvalue weighted by Crippen LogP contribution is -2.42. The predicted molar refractivity (Wildman–Crippen MR) is 132 cm³/mol. The molecule has 1 aromatic carbocycles. The lowest BCUT2D eigenvalue weighted by atomic mass is 9.89. The number of methoxy groups -OCH3 is 1. The molecule has 2 heterocycles. The van der Waals surface area contributed by atoms with Crippen molar-refractivity contribution in [2.24, 2.45) is 5.92 Å². The molecule has 196 valence electrons. The van der Waals surface area contributed by atoms with Crippen LogP contribution in [-0.4, -0.2) is 81.4 Å². The highest BCUT2D eigenvalue weighted by molar-refractivity contribution is 7.88. The van der Waals surface area contributed by atoms with E-state index in [1.807, 2.05) is 32.9 Å². The van der Waals surface area contributed by atoms with E-state index < -0.39 is 21.6 Å². The number of rotatable bonds is 6. The number of hydrogen-bond donors (Lipinski definition) is 0. The maximum Gasteiger partial charge on any atom is 0.410 e. The second-order valence-corrected chi connectivity index (χ2v) is 12.4. The van der Waals surface area contributed by atoms with Crippen molar-refractivity contribution >= 4 is 22.1 Å². The Bertz CT molecular complexity index is 1000. The number of hydrogen-bond acceptors (Lipinski definition) is 7. The first-order chi connectivity index (χ1) is 16.4. The number of likely N-dealkylation sites (tertiary alicyclic amines) is 1. The molecule has 0 aromatic heterocycles. The Morgan fingerprint density at radius 2 is 1.66 bits per heavy atom. The van der Waals surface area contributed by atoms with E-state index in [4.69, 9.17) is 14.2 Å². The zero-order chi connectivity index (χ0) is 25.8. The van der Waals surface area contributed by atoms with Gasteiger partial charge in [-0.3, -0.25) is 0 Å². The summed E-state index contributed by atoms with van der Waals surface area (Å²) in [7, 11) is -1.84. The van der Waals surface area contributed by atoms with Crippen LogP contribution in [0.2, 0.25) is 0 Å². The van der Waals surface area contributed by atoms with Gasteiger partial charge in [0, 0.05) is 26.2 Å². The van der Waals surface area contributed by atoms with Crippen LogP contribution in [0.3, 0.4) is 0 Å². The molecule has 0 aliphatic carbocycles. The maximum atomic E-state index is 12.5. The fourth-order valence-electron chi connectivity index (χ4n) is 4.53. The molecule has 2 fully saturated rings. The Morgan fingerprint density at radius 1 is 1.03 bits per heavy atom. The van der Waals surface area contributed by atoms with Gasteiger partial charge in [-0.15, -0.1) is 0 Å². The molecule has 2 aliphatic rings. The fourth-order valence-corrected chi connectivity index (χ4v) is 5.41. The van der Waals surface area contributed by atoms with Crippen LogP contribution < -0.4 is 4.74 Å². The van der Waals surface area contributed by atoms with Crippen LogP contribution in [0.15, 0.2) is 18.2 Å². The van der Waals surface area contributed by atoms with Crippen LogP contribution in [0.5, 0.6) is 5.75 Å². The average Bonchev–Trinajstić information content (AvgIpc) is 2.81. The first-order valence-corrected chi connectivity index (χ1v) is 14.0. The summed E-state index contributed by atoms with van der Waals surface area (Å²) in [6, 6.07) is 5.57. The summed E-state index contributed by atoms with van der Waals surface area (Å²) in [6.07, 6.45) is 3.93. The van der Waals surface area contributed by atoms with Crippen LogP contribution in [0.25, 0.3) is 0 Å². The molecule has 1 amide bonds. The van der Waals surface area contributed by atoms with Crippen molar-refractivity contribution in [2.45, 2.75) is 58.0 Å². The van der Waals surface area contributed by atoms with Gasteiger partial charge in [-0.05, 0) is 76.0 Å².